The summed E-state index contributed by atoms with van der Waals surface area (Å²) in [4.78, 5) is 11.3. The van der Waals surface area contributed by atoms with Crippen LogP contribution in [0.3, 0.4) is 0 Å². The number of H-pyrrole nitrogens is 1. The van der Waals surface area contributed by atoms with Crippen LogP contribution in [0.2, 0.25) is 0 Å². The predicted octanol–water partition coefficient (Wildman–Crippen LogP) is 0.325. The fraction of sp³-hybridized carbons (Fsp3) is 0.455. The average Bonchev–Trinajstić information content (AvgIpc) is 2.94. The number of hydrogen-bond donors (Lipinski definition) is 4. The molecule has 1 aliphatic rings. The topological polar surface area (TPSA) is 99.8 Å². The molecule has 0 radical (unpaired) electrons. The van der Waals surface area contributed by atoms with Crippen LogP contribution in [-0.2, 0) is 0 Å². The zero-order valence-corrected chi connectivity index (χ0v) is 9.35. The second-order valence-electron chi connectivity index (χ2n) is 4.40. The van der Waals surface area contributed by atoms with Crippen molar-refractivity contribution in [1.82, 2.24) is 20.3 Å². The standard InChI is InChI=1S/C11H15N5O/c12-11-10-9(14-5-15-11)7(3-13-10)8-2-1-6(4-17)16-8/h3,5-6,8,13,16-17H,1-2,4H2,(H2,12,14,15)/t6?,8-/m1/s1. The Morgan fingerprint density at radius 1 is 1.41 bits per heavy atom. The molecule has 17 heavy (non-hydrogen) atoms. The summed E-state index contributed by atoms with van der Waals surface area (Å²) in [5.41, 5.74) is 8.54. The molecule has 0 aliphatic carbocycles. The van der Waals surface area contributed by atoms with Crippen LogP contribution in [0, 0.1) is 0 Å². The maximum absolute atomic E-state index is 9.12. The van der Waals surface area contributed by atoms with E-state index in [0.717, 1.165) is 29.4 Å². The number of nitrogens with zero attached hydrogens (tertiary/aromatic N) is 2. The molecule has 1 aliphatic heterocycles. The van der Waals surface area contributed by atoms with Crippen molar-refractivity contribution in [2.75, 3.05) is 12.3 Å². The first-order valence-electron chi connectivity index (χ1n) is 5.74. The molecule has 1 fully saturated rings. The lowest BCUT2D eigenvalue weighted by atomic mass is 10.1. The van der Waals surface area contributed by atoms with Gasteiger partial charge in [0.15, 0.2) is 5.82 Å². The highest BCUT2D eigenvalue weighted by molar-refractivity contribution is 5.87. The Balaban J connectivity index is 1.99. The van der Waals surface area contributed by atoms with E-state index in [1.165, 1.54) is 6.33 Å². The van der Waals surface area contributed by atoms with Crippen LogP contribution in [0.25, 0.3) is 11.0 Å². The number of aromatic nitrogens is 3. The first-order valence-corrected chi connectivity index (χ1v) is 5.74. The highest BCUT2D eigenvalue weighted by Crippen LogP contribution is 2.31. The van der Waals surface area contributed by atoms with Crippen molar-refractivity contribution in [2.24, 2.45) is 0 Å². The third kappa shape index (κ3) is 1.65. The van der Waals surface area contributed by atoms with Crippen LogP contribution in [0.15, 0.2) is 12.5 Å². The van der Waals surface area contributed by atoms with Crippen LogP contribution in [0.1, 0.15) is 24.4 Å². The van der Waals surface area contributed by atoms with Gasteiger partial charge >= 0.3 is 0 Å². The van der Waals surface area contributed by atoms with E-state index >= 15 is 0 Å². The Hall–Kier alpha value is -1.66. The van der Waals surface area contributed by atoms with E-state index in [9.17, 15) is 0 Å². The van der Waals surface area contributed by atoms with Gasteiger partial charge in [-0.05, 0) is 12.8 Å². The molecule has 5 N–H and O–H groups in total. The zero-order chi connectivity index (χ0) is 11.8. The number of nitrogens with one attached hydrogen (secondary N) is 2. The summed E-state index contributed by atoms with van der Waals surface area (Å²) < 4.78 is 0. The highest BCUT2D eigenvalue weighted by atomic mass is 16.3. The molecule has 6 nitrogen and oxygen atoms in total. The minimum Gasteiger partial charge on any atom is -0.395 e. The van der Waals surface area contributed by atoms with Gasteiger partial charge in [0.2, 0.25) is 0 Å². The van der Waals surface area contributed by atoms with Gasteiger partial charge in [-0.1, -0.05) is 0 Å². The van der Waals surface area contributed by atoms with Gasteiger partial charge in [-0.25, -0.2) is 9.97 Å². The van der Waals surface area contributed by atoms with Crippen molar-refractivity contribution in [3.8, 4) is 0 Å². The number of aliphatic hydroxyl groups excluding tert-OH is 1. The maximum atomic E-state index is 9.12. The molecular formula is C11H15N5O. The van der Waals surface area contributed by atoms with Crippen LogP contribution in [0.4, 0.5) is 5.82 Å². The van der Waals surface area contributed by atoms with Crippen LogP contribution in [0.5, 0.6) is 0 Å². The summed E-state index contributed by atoms with van der Waals surface area (Å²) in [7, 11) is 0. The molecule has 6 heteroatoms. The number of hydrogen-bond acceptors (Lipinski definition) is 5. The first kappa shape index (κ1) is 10.5. The van der Waals surface area contributed by atoms with Crippen molar-refractivity contribution in [3.63, 3.8) is 0 Å². The second-order valence-corrected chi connectivity index (χ2v) is 4.40. The largest absolute Gasteiger partial charge is 0.395 e. The highest BCUT2D eigenvalue weighted by Gasteiger charge is 2.26. The minimum absolute atomic E-state index is 0.177. The Kier molecular flexibility index (Phi) is 2.45. The SMILES string of the molecule is Nc1ncnc2c([C@H]3CCC(CO)N3)c[nH]c12. The van der Waals surface area contributed by atoms with Crippen molar-refractivity contribution < 1.29 is 5.11 Å². The van der Waals surface area contributed by atoms with Crippen LogP contribution >= 0.6 is 0 Å². The van der Waals surface area contributed by atoms with Crippen LogP contribution in [-0.4, -0.2) is 32.7 Å². The molecule has 2 atom stereocenters. The molecule has 90 valence electrons. The van der Waals surface area contributed by atoms with Crippen molar-refractivity contribution in [3.05, 3.63) is 18.1 Å². The number of aliphatic hydroxyl groups is 1. The zero-order valence-electron chi connectivity index (χ0n) is 9.35. The number of nitrogen functional groups attached to an aromatic ring is 1. The maximum Gasteiger partial charge on any atom is 0.151 e. The lowest BCUT2D eigenvalue weighted by Gasteiger charge is -2.11. The number of fused-ring (bicyclic) bond motifs is 1. The average molecular weight is 233 g/mol. The van der Waals surface area contributed by atoms with E-state index < -0.39 is 0 Å². The minimum atomic E-state index is 0.177. The van der Waals surface area contributed by atoms with Gasteiger partial charge in [-0.3, -0.25) is 0 Å². The number of nitrogens with two attached hydrogens (primary N) is 1. The summed E-state index contributed by atoms with van der Waals surface area (Å²) in [5.74, 6) is 0.470. The molecule has 2 aromatic heterocycles. The molecule has 3 heterocycles. The number of aromatic amines is 1. The number of anilines is 1. The summed E-state index contributed by atoms with van der Waals surface area (Å²) in [5, 5.41) is 12.5. The van der Waals surface area contributed by atoms with Crippen molar-refractivity contribution >= 4 is 16.9 Å². The first-order chi connectivity index (χ1) is 8.29. The molecule has 0 amide bonds. The van der Waals surface area contributed by atoms with E-state index in [-0.39, 0.29) is 18.7 Å². The van der Waals surface area contributed by atoms with Gasteiger partial charge in [-0.2, -0.15) is 0 Å². The van der Waals surface area contributed by atoms with Gasteiger partial charge < -0.3 is 21.1 Å². The Morgan fingerprint density at radius 2 is 2.29 bits per heavy atom. The fourth-order valence-electron chi connectivity index (χ4n) is 2.45. The van der Waals surface area contributed by atoms with Crippen molar-refractivity contribution in [1.29, 1.82) is 0 Å². The molecule has 0 bridgehead atoms. The molecule has 2 aromatic rings. The fourth-order valence-corrected chi connectivity index (χ4v) is 2.45. The van der Waals surface area contributed by atoms with Crippen LogP contribution < -0.4 is 11.1 Å². The van der Waals surface area contributed by atoms with Gasteiger partial charge in [0.25, 0.3) is 0 Å². The quantitative estimate of drug-likeness (QED) is 0.599. The van der Waals surface area contributed by atoms with E-state index in [4.69, 9.17) is 10.8 Å². The Bertz CT molecular complexity index is 538. The molecule has 0 aromatic carbocycles. The van der Waals surface area contributed by atoms with Gasteiger partial charge in [0.05, 0.1) is 12.1 Å². The van der Waals surface area contributed by atoms with Gasteiger partial charge in [-0.15, -0.1) is 0 Å². The summed E-state index contributed by atoms with van der Waals surface area (Å²) in [6.07, 6.45) is 5.39. The van der Waals surface area contributed by atoms with Gasteiger partial charge in [0, 0.05) is 23.8 Å². The lowest BCUT2D eigenvalue weighted by Crippen LogP contribution is -2.27. The Morgan fingerprint density at radius 3 is 3.06 bits per heavy atom. The third-order valence-corrected chi connectivity index (χ3v) is 3.36. The van der Waals surface area contributed by atoms with E-state index in [1.807, 2.05) is 6.20 Å². The summed E-state index contributed by atoms with van der Waals surface area (Å²) in [6.45, 7) is 0.177. The lowest BCUT2D eigenvalue weighted by molar-refractivity contribution is 0.252. The van der Waals surface area contributed by atoms with E-state index in [2.05, 4.69) is 20.3 Å². The molecule has 0 spiro atoms. The van der Waals surface area contributed by atoms with E-state index in [0.29, 0.717) is 5.82 Å². The smallest absolute Gasteiger partial charge is 0.151 e. The normalized spacial score (nSPS) is 24.5. The molecule has 1 unspecified atom stereocenters. The molecule has 3 rings (SSSR count). The van der Waals surface area contributed by atoms with E-state index in [1.54, 1.807) is 0 Å². The van der Waals surface area contributed by atoms with Gasteiger partial charge in [0.1, 0.15) is 11.8 Å². The molecular weight excluding hydrogens is 218 g/mol. The second kappa shape index (κ2) is 3.97. The predicted molar refractivity (Wildman–Crippen MR) is 64.3 cm³/mol. The Labute approximate surface area is 98.3 Å². The third-order valence-electron chi connectivity index (χ3n) is 3.36. The summed E-state index contributed by atoms with van der Waals surface area (Å²) >= 11 is 0. The van der Waals surface area contributed by atoms with Crippen molar-refractivity contribution in [2.45, 2.75) is 24.9 Å². The molecule has 0 saturated carbocycles. The monoisotopic (exact) mass is 233 g/mol. The number of rotatable bonds is 2. The summed E-state index contributed by atoms with van der Waals surface area (Å²) in [6, 6.07) is 0.416. The molecule has 1 saturated heterocycles.